The first-order valence-corrected chi connectivity index (χ1v) is 6.27. The number of rotatable bonds is 1. The molecular weight excluding hydrogens is 300 g/mol. The minimum absolute atomic E-state index is 0.00620. The second-order valence-electron chi connectivity index (χ2n) is 4.52. The zero-order chi connectivity index (χ0) is 13.5. The Balaban J connectivity index is 2.49. The molecule has 0 spiro atoms. The first kappa shape index (κ1) is 13.1. The topological polar surface area (TPSA) is 52.6 Å². The molecule has 1 aromatic carbocycles. The fourth-order valence-electron chi connectivity index (χ4n) is 1.98. The van der Waals surface area contributed by atoms with E-state index in [2.05, 4.69) is 20.7 Å². The first-order chi connectivity index (χ1) is 8.37. The van der Waals surface area contributed by atoms with Gasteiger partial charge in [0, 0.05) is 4.47 Å². The molecule has 18 heavy (non-hydrogen) atoms. The van der Waals surface area contributed by atoms with Crippen LogP contribution in [0, 0.1) is 6.92 Å². The smallest absolute Gasteiger partial charge is 0.350 e. The lowest BCUT2D eigenvalue weighted by Gasteiger charge is -2.32. The number of benzene rings is 1. The maximum absolute atomic E-state index is 12.1. The molecule has 5 heteroatoms. The highest BCUT2D eigenvalue weighted by atomic mass is 79.9. The Kier molecular flexibility index (Phi) is 3.19. The molecule has 1 aliphatic heterocycles. The van der Waals surface area contributed by atoms with Crippen LogP contribution in [0.1, 0.15) is 29.3 Å². The number of Topliss-reactive ketones (excluding diaryl/α,β-unsaturated/α-hetero) is 1. The van der Waals surface area contributed by atoms with Gasteiger partial charge in [-0.05, 0) is 31.5 Å². The van der Waals surface area contributed by atoms with Crippen LogP contribution in [0.4, 0.5) is 0 Å². The van der Waals surface area contributed by atoms with Gasteiger partial charge < -0.3 is 9.47 Å². The van der Waals surface area contributed by atoms with Crippen LogP contribution in [-0.2, 0) is 9.53 Å². The summed E-state index contributed by atoms with van der Waals surface area (Å²) in [5.41, 5.74) is 0.220. The molecule has 1 aliphatic rings. The molecule has 1 heterocycles. The number of methoxy groups -OCH3 is 1. The van der Waals surface area contributed by atoms with Gasteiger partial charge in [0.05, 0.1) is 19.1 Å². The van der Waals surface area contributed by atoms with Crippen molar-refractivity contribution in [1.82, 2.24) is 0 Å². The summed E-state index contributed by atoms with van der Waals surface area (Å²) in [6.07, 6.45) is -0.00620. The molecule has 0 saturated heterocycles. The molecule has 1 unspecified atom stereocenters. The molecule has 0 aromatic heterocycles. The van der Waals surface area contributed by atoms with Gasteiger partial charge in [0.1, 0.15) is 5.75 Å². The minimum atomic E-state index is -1.24. The number of esters is 1. The highest BCUT2D eigenvalue weighted by Gasteiger charge is 2.44. The van der Waals surface area contributed by atoms with E-state index in [0.29, 0.717) is 11.3 Å². The van der Waals surface area contributed by atoms with Crippen LogP contribution in [0.25, 0.3) is 0 Å². The van der Waals surface area contributed by atoms with Gasteiger partial charge in [0.2, 0.25) is 5.60 Å². The molecule has 0 bridgehead atoms. The average Bonchev–Trinajstić information content (AvgIpc) is 2.31. The highest BCUT2D eigenvalue weighted by molar-refractivity contribution is 9.10. The summed E-state index contributed by atoms with van der Waals surface area (Å²) in [5.74, 6) is -0.241. The van der Waals surface area contributed by atoms with E-state index in [0.717, 1.165) is 10.0 Å². The third kappa shape index (κ3) is 2.03. The third-order valence-corrected chi connectivity index (χ3v) is 3.87. The van der Waals surface area contributed by atoms with E-state index in [-0.39, 0.29) is 12.2 Å². The van der Waals surface area contributed by atoms with E-state index in [1.54, 1.807) is 19.1 Å². The van der Waals surface area contributed by atoms with Gasteiger partial charge in [0.25, 0.3) is 0 Å². The predicted molar refractivity (Wildman–Crippen MR) is 68.9 cm³/mol. The summed E-state index contributed by atoms with van der Waals surface area (Å²) in [7, 11) is 1.28. The van der Waals surface area contributed by atoms with E-state index in [1.165, 1.54) is 7.11 Å². The monoisotopic (exact) mass is 312 g/mol. The molecule has 96 valence electrons. The lowest BCUT2D eigenvalue weighted by molar-refractivity contribution is -0.157. The van der Waals surface area contributed by atoms with Crippen molar-refractivity contribution >= 4 is 27.7 Å². The molecule has 0 aliphatic carbocycles. The quantitative estimate of drug-likeness (QED) is 0.748. The molecule has 0 amide bonds. The summed E-state index contributed by atoms with van der Waals surface area (Å²) in [5, 5.41) is 0. The maximum Gasteiger partial charge on any atom is 0.350 e. The Hall–Kier alpha value is -1.36. The highest BCUT2D eigenvalue weighted by Crippen LogP contribution is 2.37. The third-order valence-electron chi connectivity index (χ3n) is 3.01. The van der Waals surface area contributed by atoms with Crippen LogP contribution in [0.5, 0.6) is 5.75 Å². The van der Waals surface area contributed by atoms with Gasteiger partial charge in [0.15, 0.2) is 5.78 Å². The van der Waals surface area contributed by atoms with Crippen molar-refractivity contribution < 1.29 is 19.1 Å². The largest absolute Gasteiger partial charge is 0.475 e. The van der Waals surface area contributed by atoms with Gasteiger partial charge in [-0.3, -0.25) is 4.79 Å². The summed E-state index contributed by atoms with van der Waals surface area (Å²) in [6.45, 7) is 3.46. The molecule has 1 aromatic rings. The lowest BCUT2D eigenvalue weighted by Crippen LogP contribution is -2.47. The van der Waals surface area contributed by atoms with E-state index in [1.807, 2.05) is 6.92 Å². The molecule has 0 fully saturated rings. The molecule has 1 atom stereocenters. The van der Waals surface area contributed by atoms with Crippen molar-refractivity contribution in [3.63, 3.8) is 0 Å². The summed E-state index contributed by atoms with van der Waals surface area (Å²) < 4.78 is 11.2. The van der Waals surface area contributed by atoms with E-state index >= 15 is 0 Å². The lowest BCUT2D eigenvalue weighted by atomic mass is 9.91. The van der Waals surface area contributed by atoms with Gasteiger partial charge >= 0.3 is 5.97 Å². The van der Waals surface area contributed by atoms with Crippen molar-refractivity contribution in [1.29, 1.82) is 0 Å². The van der Waals surface area contributed by atoms with E-state index < -0.39 is 11.6 Å². The van der Waals surface area contributed by atoms with Crippen LogP contribution in [0.3, 0.4) is 0 Å². The summed E-state index contributed by atoms with van der Waals surface area (Å²) in [4.78, 5) is 23.8. The first-order valence-electron chi connectivity index (χ1n) is 5.48. The Morgan fingerprint density at radius 1 is 1.50 bits per heavy atom. The number of carbonyl (C=O) groups is 2. The number of hydrogen-bond donors (Lipinski definition) is 0. The van der Waals surface area contributed by atoms with Crippen molar-refractivity contribution in [2.75, 3.05) is 7.11 Å². The molecular formula is C13H13BrO4. The Bertz CT molecular complexity index is 538. The van der Waals surface area contributed by atoms with Crippen molar-refractivity contribution in [3.05, 3.63) is 27.7 Å². The minimum Gasteiger partial charge on any atom is -0.475 e. The van der Waals surface area contributed by atoms with Crippen molar-refractivity contribution in [2.24, 2.45) is 0 Å². The number of halogens is 1. The number of ketones is 1. The zero-order valence-corrected chi connectivity index (χ0v) is 12.0. The standard InChI is InChI=1S/C13H13BrO4/c1-7-4-8-10(15)6-13(2,12(16)17-3)18-11(8)5-9(7)14/h4-5H,6H2,1-3H3. The number of aryl methyl sites for hydroxylation is 1. The van der Waals surface area contributed by atoms with Gasteiger partial charge in [-0.25, -0.2) is 4.79 Å². The van der Waals surface area contributed by atoms with Crippen molar-refractivity contribution in [2.45, 2.75) is 25.9 Å². The molecule has 0 N–H and O–H groups in total. The number of fused-ring (bicyclic) bond motifs is 1. The second-order valence-corrected chi connectivity index (χ2v) is 5.38. The Morgan fingerprint density at radius 3 is 2.78 bits per heavy atom. The molecule has 2 rings (SSSR count). The fourth-order valence-corrected chi connectivity index (χ4v) is 2.30. The number of hydrogen-bond acceptors (Lipinski definition) is 4. The predicted octanol–water partition coefficient (Wildman–Crippen LogP) is 2.65. The van der Waals surface area contributed by atoms with Gasteiger partial charge in [-0.1, -0.05) is 15.9 Å². The summed E-state index contributed by atoms with van der Waals surface area (Å²) >= 11 is 3.38. The van der Waals surface area contributed by atoms with Crippen LogP contribution in [0.2, 0.25) is 0 Å². The Labute approximate surface area is 113 Å². The molecule has 4 nitrogen and oxygen atoms in total. The number of ether oxygens (including phenoxy) is 2. The summed E-state index contributed by atoms with van der Waals surface area (Å²) in [6, 6.07) is 3.47. The van der Waals surface area contributed by atoms with Crippen molar-refractivity contribution in [3.8, 4) is 5.75 Å². The van der Waals surface area contributed by atoms with Crippen LogP contribution < -0.4 is 4.74 Å². The van der Waals surface area contributed by atoms with Gasteiger partial charge in [-0.2, -0.15) is 0 Å². The van der Waals surface area contributed by atoms with E-state index in [9.17, 15) is 9.59 Å². The fraction of sp³-hybridized carbons (Fsp3) is 0.385. The van der Waals surface area contributed by atoms with Crippen LogP contribution >= 0.6 is 15.9 Å². The molecule has 0 saturated carbocycles. The SMILES string of the molecule is COC(=O)C1(C)CC(=O)c2cc(C)c(Br)cc2O1. The normalized spacial score (nSPS) is 22.1. The van der Waals surface area contributed by atoms with Crippen LogP contribution in [-0.4, -0.2) is 24.5 Å². The average molecular weight is 313 g/mol. The maximum atomic E-state index is 12.1. The van der Waals surface area contributed by atoms with Crippen LogP contribution in [0.15, 0.2) is 16.6 Å². The zero-order valence-electron chi connectivity index (χ0n) is 10.4. The number of carbonyl (C=O) groups excluding carboxylic acids is 2. The van der Waals surface area contributed by atoms with E-state index in [4.69, 9.17) is 4.74 Å². The van der Waals surface area contributed by atoms with Gasteiger partial charge in [-0.15, -0.1) is 0 Å². The Morgan fingerprint density at radius 2 is 2.17 bits per heavy atom. The second kappa shape index (κ2) is 4.39. The molecule has 0 radical (unpaired) electrons.